The second-order valence-electron chi connectivity index (χ2n) is 2.68. The summed E-state index contributed by atoms with van der Waals surface area (Å²) >= 11 is 0. The molecule has 1 heterocycles. The molecule has 0 aliphatic heterocycles. The van der Waals surface area contributed by atoms with Crippen molar-refractivity contribution in [2.24, 2.45) is 0 Å². The maximum atomic E-state index is 10.1. The maximum Gasteiger partial charge on any atom is 0.303 e. The van der Waals surface area contributed by atoms with E-state index >= 15 is 0 Å². The van der Waals surface area contributed by atoms with Crippen molar-refractivity contribution in [3.63, 3.8) is 0 Å². The number of aryl methyl sites for hydroxylation is 2. The van der Waals surface area contributed by atoms with Crippen molar-refractivity contribution in [2.75, 3.05) is 0 Å². The van der Waals surface area contributed by atoms with Crippen molar-refractivity contribution in [3.8, 4) is 0 Å². The van der Waals surface area contributed by atoms with Crippen LogP contribution in [0.25, 0.3) is 0 Å². The zero-order valence-corrected chi connectivity index (χ0v) is 6.91. The highest BCUT2D eigenvalue weighted by molar-refractivity contribution is 5.66. The van der Waals surface area contributed by atoms with Crippen molar-refractivity contribution in [3.05, 3.63) is 17.5 Å². The number of carboxylic acids is 1. The molecule has 1 aromatic heterocycles. The Labute approximate surface area is 70.2 Å². The van der Waals surface area contributed by atoms with Gasteiger partial charge in [-0.15, -0.1) is 0 Å². The number of rotatable bonds is 4. The molecule has 0 bridgehead atoms. The van der Waals surface area contributed by atoms with Crippen molar-refractivity contribution >= 4 is 5.97 Å². The monoisotopic (exact) mass is 169 g/mol. The minimum atomic E-state index is -0.772. The van der Waals surface area contributed by atoms with Crippen molar-refractivity contribution in [1.29, 1.82) is 0 Å². The van der Waals surface area contributed by atoms with E-state index in [-0.39, 0.29) is 6.42 Å². The number of aliphatic carboxylic acids is 1. The van der Waals surface area contributed by atoms with E-state index in [9.17, 15) is 4.79 Å². The third-order valence-corrected chi connectivity index (χ3v) is 1.49. The molecule has 0 aromatic carbocycles. The zero-order valence-electron chi connectivity index (χ0n) is 6.91. The second kappa shape index (κ2) is 3.90. The molecule has 0 atom stereocenters. The summed E-state index contributed by atoms with van der Waals surface area (Å²) in [5.41, 5.74) is 0.834. The smallest absolute Gasteiger partial charge is 0.303 e. The molecule has 1 rings (SSSR count). The molecule has 1 aromatic rings. The van der Waals surface area contributed by atoms with E-state index < -0.39 is 5.97 Å². The van der Waals surface area contributed by atoms with E-state index in [4.69, 9.17) is 9.63 Å². The first-order valence-electron chi connectivity index (χ1n) is 3.82. The average Bonchev–Trinajstić information content (AvgIpc) is 2.35. The van der Waals surface area contributed by atoms with Crippen LogP contribution in [0, 0.1) is 6.92 Å². The van der Waals surface area contributed by atoms with E-state index in [0.717, 1.165) is 11.5 Å². The average molecular weight is 169 g/mol. The molecule has 0 aliphatic carbocycles. The van der Waals surface area contributed by atoms with E-state index in [1.54, 1.807) is 0 Å². The fourth-order valence-corrected chi connectivity index (χ4v) is 0.948. The van der Waals surface area contributed by atoms with Crippen LogP contribution in [0.5, 0.6) is 0 Å². The van der Waals surface area contributed by atoms with Gasteiger partial charge >= 0.3 is 5.97 Å². The molecule has 0 aliphatic rings. The van der Waals surface area contributed by atoms with Crippen LogP contribution in [0.2, 0.25) is 0 Å². The minimum absolute atomic E-state index is 0.180. The van der Waals surface area contributed by atoms with Gasteiger partial charge in [-0.2, -0.15) is 0 Å². The first-order chi connectivity index (χ1) is 5.68. The first kappa shape index (κ1) is 8.77. The molecule has 0 unspecified atom stereocenters. The Morgan fingerprint density at radius 2 is 2.50 bits per heavy atom. The fourth-order valence-electron chi connectivity index (χ4n) is 0.948. The Morgan fingerprint density at radius 1 is 1.75 bits per heavy atom. The highest BCUT2D eigenvalue weighted by Crippen LogP contribution is 2.06. The lowest BCUT2D eigenvalue weighted by molar-refractivity contribution is -0.137. The highest BCUT2D eigenvalue weighted by atomic mass is 16.5. The van der Waals surface area contributed by atoms with Gasteiger partial charge in [-0.3, -0.25) is 4.79 Å². The molecule has 12 heavy (non-hydrogen) atoms. The van der Waals surface area contributed by atoms with Gasteiger partial charge in [0.15, 0.2) is 0 Å². The summed E-state index contributed by atoms with van der Waals surface area (Å²) in [5.74, 6) is -0.0139. The number of hydrogen-bond donors (Lipinski definition) is 1. The number of hydrogen-bond acceptors (Lipinski definition) is 3. The zero-order chi connectivity index (χ0) is 8.97. The van der Waals surface area contributed by atoms with Crippen LogP contribution < -0.4 is 0 Å². The second-order valence-corrected chi connectivity index (χ2v) is 2.68. The van der Waals surface area contributed by atoms with Crippen molar-refractivity contribution in [2.45, 2.75) is 26.2 Å². The molecule has 1 N–H and O–H groups in total. The van der Waals surface area contributed by atoms with Gasteiger partial charge in [-0.25, -0.2) is 0 Å². The topological polar surface area (TPSA) is 63.3 Å². The van der Waals surface area contributed by atoms with Crippen LogP contribution in [-0.2, 0) is 11.2 Å². The van der Waals surface area contributed by atoms with Crippen LogP contribution in [0.4, 0.5) is 0 Å². The quantitative estimate of drug-likeness (QED) is 0.739. The Hall–Kier alpha value is -1.32. The lowest BCUT2D eigenvalue weighted by atomic mass is 10.2. The SMILES string of the molecule is Cc1cc(CCCC(=O)O)on1. The standard InChI is InChI=1S/C8H11NO3/c1-6-5-7(12-9-6)3-2-4-8(10)11/h5H,2-4H2,1H3,(H,10,11). The molecule has 0 amide bonds. The lowest BCUT2D eigenvalue weighted by Crippen LogP contribution is -1.94. The fraction of sp³-hybridized carbons (Fsp3) is 0.500. The number of nitrogens with zero attached hydrogens (tertiary/aromatic N) is 1. The summed E-state index contributed by atoms with van der Waals surface area (Å²) < 4.78 is 4.90. The van der Waals surface area contributed by atoms with Crippen molar-refractivity contribution in [1.82, 2.24) is 5.16 Å². The Balaban J connectivity index is 2.29. The number of aromatic nitrogens is 1. The van der Waals surface area contributed by atoms with Crippen LogP contribution in [-0.4, -0.2) is 16.2 Å². The molecule has 66 valence electrons. The molecule has 4 heteroatoms. The Bertz CT molecular complexity index is 267. The molecule has 0 saturated carbocycles. The van der Waals surface area contributed by atoms with Gasteiger partial charge in [-0.05, 0) is 13.3 Å². The van der Waals surface area contributed by atoms with Gasteiger partial charge in [0.1, 0.15) is 5.76 Å². The molecule has 0 radical (unpaired) electrons. The third kappa shape index (κ3) is 2.74. The summed E-state index contributed by atoms with van der Waals surface area (Å²) in [6.07, 6.45) is 1.43. The largest absolute Gasteiger partial charge is 0.481 e. The van der Waals surface area contributed by atoms with E-state index in [1.165, 1.54) is 0 Å². The summed E-state index contributed by atoms with van der Waals surface area (Å²) in [7, 11) is 0. The molecule has 4 nitrogen and oxygen atoms in total. The minimum Gasteiger partial charge on any atom is -0.481 e. The molecular weight excluding hydrogens is 158 g/mol. The summed E-state index contributed by atoms with van der Waals surface area (Å²) in [5, 5.41) is 12.0. The van der Waals surface area contributed by atoms with Crippen LogP contribution in [0.1, 0.15) is 24.3 Å². The molecule has 0 spiro atoms. The van der Waals surface area contributed by atoms with E-state index in [2.05, 4.69) is 5.16 Å². The van der Waals surface area contributed by atoms with Crippen LogP contribution in [0.3, 0.4) is 0 Å². The Morgan fingerprint density at radius 3 is 3.00 bits per heavy atom. The summed E-state index contributed by atoms with van der Waals surface area (Å²) in [6.45, 7) is 1.84. The molecule has 0 fully saturated rings. The predicted octanol–water partition coefficient (Wildman–Crippen LogP) is 1.39. The van der Waals surface area contributed by atoms with Gasteiger partial charge in [0.05, 0.1) is 5.69 Å². The third-order valence-electron chi connectivity index (χ3n) is 1.49. The van der Waals surface area contributed by atoms with Gasteiger partial charge < -0.3 is 9.63 Å². The van der Waals surface area contributed by atoms with Gasteiger partial charge in [-0.1, -0.05) is 5.16 Å². The van der Waals surface area contributed by atoms with Gasteiger partial charge in [0.25, 0.3) is 0 Å². The predicted molar refractivity (Wildman–Crippen MR) is 41.8 cm³/mol. The Kier molecular flexibility index (Phi) is 2.85. The normalized spacial score (nSPS) is 10.1. The first-order valence-corrected chi connectivity index (χ1v) is 3.82. The summed E-state index contributed by atoms with van der Waals surface area (Å²) in [4.78, 5) is 10.1. The maximum absolute atomic E-state index is 10.1. The highest BCUT2D eigenvalue weighted by Gasteiger charge is 2.02. The lowest BCUT2D eigenvalue weighted by Gasteiger charge is -1.91. The van der Waals surface area contributed by atoms with Crippen molar-refractivity contribution < 1.29 is 14.4 Å². The van der Waals surface area contributed by atoms with Gasteiger partial charge in [0.2, 0.25) is 0 Å². The number of carbonyl (C=O) groups is 1. The number of carboxylic acid groups (broad SMARTS) is 1. The van der Waals surface area contributed by atoms with Crippen LogP contribution in [0.15, 0.2) is 10.6 Å². The molecule has 0 saturated heterocycles. The van der Waals surface area contributed by atoms with Gasteiger partial charge in [0, 0.05) is 18.9 Å². The van der Waals surface area contributed by atoms with Crippen LogP contribution >= 0.6 is 0 Å². The summed E-state index contributed by atoms with van der Waals surface area (Å²) in [6, 6.07) is 1.82. The molecular formula is C8H11NO3. The van der Waals surface area contributed by atoms with E-state index in [0.29, 0.717) is 12.8 Å². The van der Waals surface area contributed by atoms with E-state index in [1.807, 2.05) is 13.0 Å².